The standard InChI is InChI=1S/C13H16ClN3O2/c1-17(7-12(18)16-9-3-4-9)13(19)10-5-2-8(15)6-11(10)14/h2,5-6,9H,3-4,7,15H2,1H3,(H,16,18). The Hall–Kier alpha value is -1.75. The maximum absolute atomic E-state index is 12.1. The molecule has 1 aliphatic carbocycles. The number of benzene rings is 1. The summed E-state index contributed by atoms with van der Waals surface area (Å²) in [6.07, 6.45) is 2.04. The average molecular weight is 282 g/mol. The highest BCUT2D eigenvalue weighted by atomic mass is 35.5. The lowest BCUT2D eigenvalue weighted by atomic mass is 10.2. The summed E-state index contributed by atoms with van der Waals surface area (Å²) in [6, 6.07) is 4.98. The zero-order chi connectivity index (χ0) is 14.0. The highest BCUT2D eigenvalue weighted by Crippen LogP contribution is 2.21. The number of likely N-dealkylation sites (N-methyl/N-ethyl adjacent to an activating group) is 1. The Labute approximate surface area is 116 Å². The fourth-order valence-corrected chi connectivity index (χ4v) is 1.97. The Morgan fingerprint density at radius 2 is 2.16 bits per heavy atom. The smallest absolute Gasteiger partial charge is 0.255 e. The van der Waals surface area contributed by atoms with Gasteiger partial charge in [0.2, 0.25) is 5.91 Å². The van der Waals surface area contributed by atoms with E-state index in [9.17, 15) is 9.59 Å². The Morgan fingerprint density at radius 3 is 2.74 bits per heavy atom. The van der Waals surface area contributed by atoms with E-state index in [1.165, 1.54) is 11.0 Å². The topological polar surface area (TPSA) is 75.4 Å². The Kier molecular flexibility index (Phi) is 3.95. The summed E-state index contributed by atoms with van der Waals surface area (Å²) in [7, 11) is 1.57. The van der Waals surface area contributed by atoms with Crippen molar-refractivity contribution in [2.24, 2.45) is 0 Å². The predicted molar refractivity (Wildman–Crippen MR) is 74.0 cm³/mol. The van der Waals surface area contributed by atoms with E-state index in [4.69, 9.17) is 17.3 Å². The van der Waals surface area contributed by atoms with Gasteiger partial charge in [0, 0.05) is 18.8 Å². The van der Waals surface area contributed by atoms with Gasteiger partial charge in [-0.05, 0) is 31.0 Å². The van der Waals surface area contributed by atoms with Crippen molar-refractivity contribution in [3.8, 4) is 0 Å². The summed E-state index contributed by atoms with van der Waals surface area (Å²) in [5.41, 5.74) is 6.41. The fourth-order valence-electron chi connectivity index (χ4n) is 1.70. The molecule has 0 atom stereocenters. The van der Waals surface area contributed by atoms with E-state index in [0.29, 0.717) is 16.3 Å². The minimum atomic E-state index is -0.295. The number of nitrogens with zero attached hydrogens (tertiary/aromatic N) is 1. The van der Waals surface area contributed by atoms with Crippen molar-refractivity contribution in [2.45, 2.75) is 18.9 Å². The van der Waals surface area contributed by atoms with Crippen LogP contribution < -0.4 is 11.1 Å². The zero-order valence-electron chi connectivity index (χ0n) is 10.6. The van der Waals surface area contributed by atoms with E-state index in [0.717, 1.165) is 12.8 Å². The number of rotatable bonds is 4. The van der Waals surface area contributed by atoms with Crippen LogP contribution in [0.4, 0.5) is 5.69 Å². The highest BCUT2D eigenvalue weighted by molar-refractivity contribution is 6.34. The van der Waals surface area contributed by atoms with Gasteiger partial charge in [-0.3, -0.25) is 9.59 Å². The minimum Gasteiger partial charge on any atom is -0.399 e. The molecule has 102 valence electrons. The van der Waals surface area contributed by atoms with Crippen LogP contribution in [-0.4, -0.2) is 36.3 Å². The maximum atomic E-state index is 12.1. The van der Waals surface area contributed by atoms with Crippen LogP contribution in [0.25, 0.3) is 0 Å². The van der Waals surface area contributed by atoms with Gasteiger partial charge in [0.15, 0.2) is 0 Å². The average Bonchev–Trinajstić information content (AvgIpc) is 3.11. The molecule has 1 aliphatic rings. The van der Waals surface area contributed by atoms with Crippen LogP contribution in [0.2, 0.25) is 5.02 Å². The van der Waals surface area contributed by atoms with Gasteiger partial charge in [0.25, 0.3) is 5.91 Å². The lowest BCUT2D eigenvalue weighted by Crippen LogP contribution is -2.39. The highest BCUT2D eigenvalue weighted by Gasteiger charge is 2.24. The maximum Gasteiger partial charge on any atom is 0.255 e. The molecule has 0 heterocycles. The number of hydrogen-bond donors (Lipinski definition) is 2. The second-order valence-electron chi connectivity index (χ2n) is 4.74. The molecular formula is C13H16ClN3O2. The fraction of sp³-hybridized carbons (Fsp3) is 0.385. The number of nitrogens with two attached hydrogens (primary N) is 1. The van der Waals surface area contributed by atoms with Crippen LogP contribution in [0.3, 0.4) is 0 Å². The first-order valence-corrected chi connectivity index (χ1v) is 6.45. The molecule has 1 aromatic rings. The molecule has 0 spiro atoms. The third-order valence-corrected chi connectivity index (χ3v) is 3.21. The van der Waals surface area contributed by atoms with Gasteiger partial charge < -0.3 is 16.0 Å². The van der Waals surface area contributed by atoms with E-state index >= 15 is 0 Å². The molecule has 1 fully saturated rings. The number of nitrogens with one attached hydrogen (secondary N) is 1. The monoisotopic (exact) mass is 281 g/mol. The summed E-state index contributed by atoms with van der Waals surface area (Å²) in [5, 5.41) is 3.12. The molecule has 6 heteroatoms. The number of halogens is 1. The molecule has 2 amide bonds. The lowest BCUT2D eigenvalue weighted by molar-refractivity contribution is -0.121. The molecule has 0 aliphatic heterocycles. The number of carbonyl (C=O) groups is 2. The third kappa shape index (κ3) is 3.61. The van der Waals surface area contributed by atoms with E-state index in [1.54, 1.807) is 19.2 Å². The van der Waals surface area contributed by atoms with E-state index in [2.05, 4.69) is 5.32 Å². The molecule has 0 bridgehead atoms. The lowest BCUT2D eigenvalue weighted by Gasteiger charge is -2.17. The quantitative estimate of drug-likeness (QED) is 0.816. The Morgan fingerprint density at radius 1 is 1.47 bits per heavy atom. The van der Waals surface area contributed by atoms with Crippen molar-refractivity contribution >= 4 is 29.1 Å². The predicted octanol–water partition coefficient (Wildman–Crippen LogP) is 1.27. The molecule has 0 aromatic heterocycles. The summed E-state index contributed by atoms with van der Waals surface area (Å²) in [4.78, 5) is 25.1. The van der Waals surface area contributed by atoms with Gasteiger partial charge in [-0.15, -0.1) is 0 Å². The van der Waals surface area contributed by atoms with Crippen molar-refractivity contribution in [3.05, 3.63) is 28.8 Å². The first kappa shape index (κ1) is 13.7. The summed E-state index contributed by atoms with van der Waals surface area (Å²) in [6.45, 7) is 0.0238. The van der Waals surface area contributed by atoms with Crippen LogP contribution in [0.15, 0.2) is 18.2 Å². The van der Waals surface area contributed by atoms with Gasteiger partial charge in [-0.2, -0.15) is 0 Å². The van der Waals surface area contributed by atoms with E-state index in [1.807, 2.05) is 0 Å². The molecular weight excluding hydrogens is 266 g/mol. The summed E-state index contributed by atoms with van der Waals surface area (Å²) >= 11 is 5.97. The second kappa shape index (κ2) is 5.48. The molecule has 5 nitrogen and oxygen atoms in total. The third-order valence-electron chi connectivity index (χ3n) is 2.89. The number of hydrogen-bond acceptors (Lipinski definition) is 3. The molecule has 19 heavy (non-hydrogen) atoms. The molecule has 1 aromatic carbocycles. The Balaban J connectivity index is 1.99. The van der Waals surface area contributed by atoms with Crippen molar-refractivity contribution in [3.63, 3.8) is 0 Å². The SMILES string of the molecule is CN(CC(=O)NC1CC1)C(=O)c1ccc(N)cc1Cl. The number of carbonyl (C=O) groups excluding carboxylic acids is 2. The van der Waals surface area contributed by atoms with Crippen molar-refractivity contribution < 1.29 is 9.59 Å². The minimum absolute atomic E-state index is 0.0238. The summed E-state index contributed by atoms with van der Waals surface area (Å²) < 4.78 is 0. The molecule has 0 radical (unpaired) electrons. The number of anilines is 1. The van der Waals surface area contributed by atoms with Crippen molar-refractivity contribution in [1.29, 1.82) is 0 Å². The first-order valence-electron chi connectivity index (χ1n) is 6.07. The van der Waals surface area contributed by atoms with Gasteiger partial charge in [-0.25, -0.2) is 0 Å². The zero-order valence-corrected chi connectivity index (χ0v) is 11.4. The second-order valence-corrected chi connectivity index (χ2v) is 5.15. The van der Waals surface area contributed by atoms with Crippen molar-refractivity contribution in [2.75, 3.05) is 19.3 Å². The van der Waals surface area contributed by atoms with Crippen molar-refractivity contribution in [1.82, 2.24) is 10.2 Å². The normalized spacial score (nSPS) is 14.0. The molecule has 2 rings (SSSR count). The van der Waals surface area contributed by atoms with Gasteiger partial charge in [-0.1, -0.05) is 11.6 Å². The largest absolute Gasteiger partial charge is 0.399 e. The number of nitrogen functional groups attached to an aromatic ring is 1. The van der Waals surface area contributed by atoms with Crippen LogP contribution in [0.5, 0.6) is 0 Å². The van der Waals surface area contributed by atoms with E-state index < -0.39 is 0 Å². The van der Waals surface area contributed by atoms with Crippen LogP contribution >= 0.6 is 11.6 Å². The van der Waals surface area contributed by atoms with Gasteiger partial charge in [0.05, 0.1) is 17.1 Å². The van der Waals surface area contributed by atoms with Crippen LogP contribution in [0.1, 0.15) is 23.2 Å². The van der Waals surface area contributed by atoms with Gasteiger partial charge in [0.1, 0.15) is 0 Å². The Bertz CT molecular complexity index is 515. The molecule has 1 saturated carbocycles. The van der Waals surface area contributed by atoms with Crippen LogP contribution in [0, 0.1) is 0 Å². The number of amides is 2. The molecule has 0 unspecified atom stereocenters. The summed E-state index contributed by atoms with van der Waals surface area (Å²) in [5.74, 6) is -0.444. The molecule has 3 N–H and O–H groups in total. The van der Waals surface area contributed by atoms with Gasteiger partial charge >= 0.3 is 0 Å². The van der Waals surface area contributed by atoms with Crippen LogP contribution in [-0.2, 0) is 4.79 Å². The molecule has 0 saturated heterocycles. The first-order chi connectivity index (χ1) is 8.97. The van der Waals surface area contributed by atoms with E-state index in [-0.39, 0.29) is 24.4 Å².